The Morgan fingerprint density at radius 3 is 2.36 bits per heavy atom. The first-order valence-corrected chi connectivity index (χ1v) is 10.9. The van der Waals surface area contributed by atoms with Gasteiger partial charge in [-0.2, -0.15) is 0 Å². The van der Waals surface area contributed by atoms with Crippen LogP contribution in [0.1, 0.15) is 21.5 Å². The topological polar surface area (TPSA) is 36.4 Å². The van der Waals surface area contributed by atoms with Crippen molar-refractivity contribution in [3.8, 4) is 0 Å². The number of hydrogen-bond donors (Lipinski definition) is 0. The van der Waals surface area contributed by atoms with Crippen molar-refractivity contribution in [3.63, 3.8) is 0 Å². The first-order valence-electron chi connectivity index (χ1n) is 8.88. The summed E-state index contributed by atoms with van der Waals surface area (Å²) in [6.45, 7) is 5.57. The Labute approximate surface area is 181 Å². The molecular weight excluding hydrogens is 410 g/mol. The maximum atomic E-state index is 13.3. The van der Waals surface area contributed by atoms with Gasteiger partial charge in [-0.1, -0.05) is 17.4 Å². The van der Waals surface area contributed by atoms with Gasteiger partial charge in [-0.05, 0) is 75.7 Å². The number of carbonyl (C=O) groups is 1. The van der Waals surface area contributed by atoms with Crippen molar-refractivity contribution in [2.24, 2.45) is 0 Å². The maximum Gasteiger partial charge on any atom is 0.260 e. The highest BCUT2D eigenvalue weighted by Crippen LogP contribution is 2.32. The van der Waals surface area contributed by atoms with Gasteiger partial charge in [-0.15, -0.1) is 24.2 Å². The summed E-state index contributed by atoms with van der Waals surface area (Å²) in [5.41, 5.74) is 4.09. The summed E-state index contributed by atoms with van der Waals surface area (Å²) in [4.78, 5) is 23.1. The van der Waals surface area contributed by atoms with Crippen molar-refractivity contribution in [2.45, 2.75) is 18.7 Å². The summed E-state index contributed by atoms with van der Waals surface area (Å²) in [5.74, 6) is -0.00191. The monoisotopic (exact) mass is 435 g/mol. The highest BCUT2D eigenvalue weighted by atomic mass is 35.5. The van der Waals surface area contributed by atoms with E-state index in [4.69, 9.17) is 4.98 Å². The Morgan fingerprint density at radius 2 is 1.75 bits per heavy atom. The Morgan fingerprint density at radius 1 is 1.07 bits per heavy atom. The number of halogens is 1. The van der Waals surface area contributed by atoms with Crippen LogP contribution in [0.5, 0.6) is 0 Å². The lowest BCUT2D eigenvalue weighted by Gasteiger charge is -2.22. The van der Waals surface area contributed by atoms with Crippen LogP contribution in [-0.4, -0.2) is 49.2 Å². The molecule has 0 unspecified atom stereocenters. The second-order valence-electron chi connectivity index (χ2n) is 6.84. The molecule has 0 saturated carbocycles. The second-order valence-corrected chi connectivity index (χ2v) is 8.73. The second kappa shape index (κ2) is 9.74. The number of anilines is 1. The molecule has 0 atom stereocenters. The van der Waals surface area contributed by atoms with Gasteiger partial charge in [0.2, 0.25) is 0 Å². The van der Waals surface area contributed by atoms with E-state index < -0.39 is 0 Å². The van der Waals surface area contributed by atoms with E-state index in [2.05, 4.69) is 30.9 Å². The first kappa shape index (κ1) is 22.7. The molecule has 0 aliphatic rings. The lowest BCUT2D eigenvalue weighted by atomic mass is 10.1. The molecule has 1 amide bonds. The fraction of sp³-hybridized carbons (Fsp3) is 0.333. The van der Waals surface area contributed by atoms with Gasteiger partial charge in [0.05, 0.1) is 10.2 Å². The van der Waals surface area contributed by atoms with Crippen molar-refractivity contribution in [1.29, 1.82) is 0 Å². The summed E-state index contributed by atoms with van der Waals surface area (Å²) < 4.78 is 1.12. The smallest absolute Gasteiger partial charge is 0.260 e. The molecule has 3 aromatic rings. The lowest BCUT2D eigenvalue weighted by molar-refractivity contribution is 0.0985. The summed E-state index contributed by atoms with van der Waals surface area (Å²) in [5, 5.41) is 0.763. The number of carbonyl (C=O) groups excluding carboxylic acids is 1. The number of nitrogens with zero attached hydrogens (tertiary/aromatic N) is 3. The van der Waals surface area contributed by atoms with E-state index in [1.165, 1.54) is 11.1 Å². The van der Waals surface area contributed by atoms with Crippen LogP contribution in [0.15, 0.2) is 41.3 Å². The van der Waals surface area contributed by atoms with Crippen molar-refractivity contribution in [3.05, 3.63) is 53.1 Å². The Kier molecular flexibility index (Phi) is 7.89. The van der Waals surface area contributed by atoms with E-state index in [0.717, 1.165) is 26.8 Å². The van der Waals surface area contributed by atoms with Crippen molar-refractivity contribution >= 4 is 56.8 Å². The average Bonchev–Trinajstić information content (AvgIpc) is 3.09. The third-order valence-corrected chi connectivity index (χ3v) is 6.44. The highest BCUT2D eigenvalue weighted by Gasteiger charge is 2.22. The molecule has 0 spiro atoms. The summed E-state index contributed by atoms with van der Waals surface area (Å²) in [6, 6.07) is 12.0. The van der Waals surface area contributed by atoms with Gasteiger partial charge in [0.15, 0.2) is 5.13 Å². The quantitative estimate of drug-likeness (QED) is 0.494. The molecule has 28 heavy (non-hydrogen) atoms. The number of fused-ring (bicyclic) bond motifs is 1. The van der Waals surface area contributed by atoms with Gasteiger partial charge in [0, 0.05) is 23.5 Å². The van der Waals surface area contributed by atoms with E-state index >= 15 is 0 Å². The van der Waals surface area contributed by atoms with Crippen LogP contribution in [-0.2, 0) is 0 Å². The molecule has 0 radical (unpaired) electrons. The molecule has 0 N–H and O–H groups in total. The molecule has 0 saturated heterocycles. The van der Waals surface area contributed by atoms with Crippen LogP contribution >= 0.6 is 35.5 Å². The predicted octanol–water partition coefficient (Wildman–Crippen LogP) is 5.27. The van der Waals surface area contributed by atoms with Crippen molar-refractivity contribution < 1.29 is 4.79 Å². The van der Waals surface area contributed by atoms with Crippen LogP contribution in [0.3, 0.4) is 0 Å². The van der Waals surface area contributed by atoms with Crippen LogP contribution in [0.2, 0.25) is 0 Å². The molecule has 1 heterocycles. The number of amides is 1. The van der Waals surface area contributed by atoms with Crippen molar-refractivity contribution in [2.75, 3.05) is 38.3 Å². The molecule has 2 aromatic carbocycles. The number of rotatable bonds is 6. The normalized spacial score (nSPS) is 10.9. The number of benzene rings is 2. The average molecular weight is 436 g/mol. The van der Waals surface area contributed by atoms with Crippen LogP contribution in [0, 0.1) is 13.8 Å². The summed E-state index contributed by atoms with van der Waals surface area (Å²) >= 11 is 3.25. The minimum absolute atomic E-state index is 0. The molecule has 0 fully saturated rings. The predicted molar refractivity (Wildman–Crippen MR) is 125 cm³/mol. The van der Waals surface area contributed by atoms with Gasteiger partial charge in [-0.25, -0.2) is 4.98 Å². The lowest BCUT2D eigenvalue weighted by Crippen LogP contribution is -2.36. The number of aromatic nitrogens is 1. The number of likely N-dealkylation sites (N-methyl/N-ethyl adjacent to an activating group) is 1. The van der Waals surface area contributed by atoms with Gasteiger partial charge in [-0.3, -0.25) is 9.69 Å². The molecule has 0 aliphatic carbocycles. The third-order valence-electron chi connectivity index (χ3n) is 4.66. The Bertz CT molecular complexity index is 954. The van der Waals surface area contributed by atoms with E-state index in [9.17, 15) is 4.79 Å². The number of hydrogen-bond acceptors (Lipinski definition) is 5. The largest absolute Gasteiger partial charge is 0.308 e. The molecule has 1 aromatic heterocycles. The minimum atomic E-state index is -0.00191. The molecule has 7 heteroatoms. The standard InChI is InChI=1S/C21H25N3OS2.ClH/c1-14-6-11-18-19(15(14)2)22-21(27-18)24(13-12-23(3)4)20(25)16-7-9-17(26-5)10-8-16;/h6-11H,12-13H2,1-5H3;1H. The molecule has 0 aliphatic heterocycles. The SMILES string of the molecule is CSc1ccc(C(=O)N(CCN(C)C)c2nc3c(C)c(C)ccc3s2)cc1.Cl. The molecule has 3 rings (SSSR count). The first-order chi connectivity index (χ1) is 12.9. The van der Waals surface area contributed by atoms with Gasteiger partial charge in [0.1, 0.15) is 0 Å². The number of thioether (sulfide) groups is 1. The van der Waals surface area contributed by atoms with E-state index in [0.29, 0.717) is 12.1 Å². The zero-order valence-corrected chi connectivity index (χ0v) is 19.3. The van der Waals surface area contributed by atoms with Gasteiger partial charge >= 0.3 is 0 Å². The van der Waals surface area contributed by atoms with E-state index in [1.807, 2.05) is 49.5 Å². The number of thiazole rings is 1. The summed E-state index contributed by atoms with van der Waals surface area (Å²) in [7, 11) is 4.03. The Balaban J connectivity index is 0.00000280. The van der Waals surface area contributed by atoms with Crippen LogP contribution in [0.25, 0.3) is 10.2 Å². The zero-order chi connectivity index (χ0) is 19.6. The Hall–Kier alpha value is -1.60. The van der Waals surface area contributed by atoms with Crippen LogP contribution < -0.4 is 4.90 Å². The molecular formula is C21H26ClN3OS2. The fourth-order valence-corrected chi connectivity index (χ4v) is 4.26. The molecule has 4 nitrogen and oxygen atoms in total. The molecule has 0 bridgehead atoms. The van der Waals surface area contributed by atoms with E-state index in [1.54, 1.807) is 23.1 Å². The number of aryl methyl sites for hydroxylation is 2. The zero-order valence-electron chi connectivity index (χ0n) is 16.9. The maximum absolute atomic E-state index is 13.3. The van der Waals surface area contributed by atoms with Gasteiger partial charge < -0.3 is 4.90 Å². The van der Waals surface area contributed by atoms with Gasteiger partial charge in [0.25, 0.3) is 5.91 Å². The summed E-state index contributed by atoms with van der Waals surface area (Å²) in [6.07, 6.45) is 2.03. The fourth-order valence-electron chi connectivity index (χ4n) is 2.80. The van der Waals surface area contributed by atoms with E-state index in [-0.39, 0.29) is 18.3 Å². The molecule has 150 valence electrons. The van der Waals surface area contributed by atoms with Crippen LogP contribution in [0.4, 0.5) is 5.13 Å². The third kappa shape index (κ3) is 4.87. The van der Waals surface area contributed by atoms with Crippen molar-refractivity contribution in [1.82, 2.24) is 9.88 Å². The minimum Gasteiger partial charge on any atom is -0.308 e. The highest BCUT2D eigenvalue weighted by molar-refractivity contribution is 7.98.